The van der Waals surface area contributed by atoms with Gasteiger partial charge in [0.25, 0.3) is 5.91 Å². The minimum Gasteiger partial charge on any atom is -0.461 e. The van der Waals surface area contributed by atoms with Gasteiger partial charge in [-0.15, -0.1) is 0 Å². The molecule has 3 aromatic rings. The maximum absolute atomic E-state index is 15.4. The lowest BCUT2D eigenvalue weighted by molar-refractivity contribution is -0.140. The van der Waals surface area contributed by atoms with Crippen LogP contribution in [0.25, 0.3) is 0 Å². The summed E-state index contributed by atoms with van der Waals surface area (Å²) in [4.78, 5) is 28.4. The molecule has 5 aliphatic rings. The fourth-order valence-electron chi connectivity index (χ4n) is 8.16. The van der Waals surface area contributed by atoms with Crippen molar-refractivity contribution in [1.82, 2.24) is 29.5 Å². The highest BCUT2D eigenvalue weighted by Gasteiger charge is 2.49. The molecule has 2 aromatic heterocycles. The van der Waals surface area contributed by atoms with Gasteiger partial charge in [0.05, 0.1) is 52.5 Å². The fourth-order valence-corrected chi connectivity index (χ4v) is 8.43. The first kappa shape index (κ1) is 34.3. The smallest absolute Gasteiger partial charge is 0.416 e. The molecule has 17 heteroatoms. The zero-order valence-electron chi connectivity index (χ0n) is 28.0. The molecule has 274 valence electrons. The predicted molar refractivity (Wildman–Crippen MR) is 176 cm³/mol. The van der Waals surface area contributed by atoms with Crippen LogP contribution in [0.1, 0.15) is 83.2 Å². The Morgan fingerprint density at radius 2 is 2.00 bits per heavy atom. The molecule has 3 fully saturated rings. The molecule has 8 rings (SSSR count). The minimum absolute atomic E-state index is 0.0252. The van der Waals surface area contributed by atoms with Gasteiger partial charge in [-0.3, -0.25) is 14.4 Å². The van der Waals surface area contributed by atoms with Gasteiger partial charge in [-0.1, -0.05) is 11.6 Å². The number of nitrogens with two attached hydrogens (primary N) is 1. The number of aryl methyl sites for hydroxylation is 1. The van der Waals surface area contributed by atoms with Gasteiger partial charge in [0, 0.05) is 56.7 Å². The second-order valence-corrected chi connectivity index (χ2v) is 14.7. The molecule has 1 saturated carbocycles. The second kappa shape index (κ2) is 12.7. The number of ether oxygens (including phenoxy) is 2. The Balaban J connectivity index is 1.15. The summed E-state index contributed by atoms with van der Waals surface area (Å²) >= 11 is 6.84. The van der Waals surface area contributed by atoms with Crippen molar-refractivity contribution in [1.29, 1.82) is 0 Å². The van der Waals surface area contributed by atoms with E-state index >= 15 is 4.39 Å². The quantitative estimate of drug-likeness (QED) is 0.249. The van der Waals surface area contributed by atoms with Gasteiger partial charge in [0.1, 0.15) is 18.6 Å². The molecule has 1 aromatic carbocycles. The summed E-state index contributed by atoms with van der Waals surface area (Å²) in [6, 6.07) is 1.79. The van der Waals surface area contributed by atoms with Crippen molar-refractivity contribution >= 4 is 29.0 Å². The number of benzene rings is 1. The lowest BCUT2D eigenvalue weighted by Gasteiger charge is -2.33. The summed E-state index contributed by atoms with van der Waals surface area (Å²) < 4.78 is 86.2. The molecular formula is C34H38ClF5N8O3. The van der Waals surface area contributed by atoms with Crippen LogP contribution in [-0.4, -0.2) is 86.5 Å². The maximum atomic E-state index is 15.4. The van der Waals surface area contributed by atoms with E-state index in [1.807, 2.05) is 4.90 Å². The molecule has 1 amide bonds. The van der Waals surface area contributed by atoms with Crippen LogP contribution >= 0.6 is 11.6 Å². The van der Waals surface area contributed by atoms with Crippen LogP contribution in [0.15, 0.2) is 12.1 Å². The third-order valence-corrected chi connectivity index (χ3v) is 11.4. The van der Waals surface area contributed by atoms with E-state index in [1.54, 1.807) is 16.6 Å². The van der Waals surface area contributed by atoms with Crippen LogP contribution in [-0.2, 0) is 37.0 Å². The first-order valence-corrected chi connectivity index (χ1v) is 17.7. The lowest BCUT2D eigenvalue weighted by atomic mass is 9.94. The van der Waals surface area contributed by atoms with Crippen molar-refractivity contribution in [3.63, 3.8) is 0 Å². The van der Waals surface area contributed by atoms with Crippen molar-refractivity contribution in [2.45, 2.75) is 94.7 Å². The number of hydrogen-bond donors (Lipinski definition) is 1. The van der Waals surface area contributed by atoms with E-state index < -0.39 is 46.6 Å². The molecule has 1 unspecified atom stereocenters. The standard InChI is InChI=1S/C34H38ClF5N8O3/c1-45(19-4-5-19)31(49)29-27(35)24-15-46(9-3-11-48(24)44-29)30-20-16-50-25(26-21(34(38,39)40)6-7-22(41)28(26)37)12-23(20)42-32(43-30)51-17-33-8-2-10-47(33)14-18(36)13-33/h6-7,18-19,25H,2-5,8-17,41H2,1H3/t18-,25?,33+/m1/s1. The summed E-state index contributed by atoms with van der Waals surface area (Å²) in [6.07, 6.45) is -2.95. The number of rotatable bonds is 7. The van der Waals surface area contributed by atoms with E-state index in [0.717, 1.165) is 44.4 Å². The highest BCUT2D eigenvalue weighted by atomic mass is 35.5. The Morgan fingerprint density at radius 3 is 2.76 bits per heavy atom. The molecule has 4 aliphatic heterocycles. The number of carbonyl (C=O) groups excluding carboxylic acids is 1. The van der Waals surface area contributed by atoms with E-state index in [-0.39, 0.29) is 54.9 Å². The monoisotopic (exact) mass is 736 g/mol. The van der Waals surface area contributed by atoms with Crippen LogP contribution in [0.2, 0.25) is 5.02 Å². The van der Waals surface area contributed by atoms with Gasteiger partial charge >= 0.3 is 12.2 Å². The SMILES string of the molecule is CN(C(=O)c1nn2c(c1Cl)CN(c1nc(OC[C@@]34CCCN3C[C@H](F)C4)nc3c1COC(c1c(C(F)(F)F)ccc(N)c1F)C3)CCC2)C1CC1. The molecule has 0 spiro atoms. The summed E-state index contributed by atoms with van der Waals surface area (Å²) in [5.41, 5.74) is 4.57. The third-order valence-electron chi connectivity index (χ3n) is 11.0. The molecule has 51 heavy (non-hydrogen) atoms. The molecule has 0 bridgehead atoms. The zero-order chi connectivity index (χ0) is 35.8. The van der Waals surface area contributed by atoms with E-state index in [9.17, 15) is 22.4 Å². The third kappa shape index (κ3) is 6.16. The van der Waals surface area contributed by atoms with E-state index in [4.69, 9.17) is 31.8 Å². The number of alkyl halides is 4. The Morgan fingerprint density at radius 1 is 1.20 bits per heavy atom. The van der Waals surface area contributed by atoms with Crippen LogP contribution in [0.3, 0.4) is 0 Å². The molecular weight excluding hydrogens is 699 g/mol. The van der Waals surface area contributed by atoms with Gasteiger partial charge < -0.3 is 25.0 Å². The zero-order valence-corrected chi connectivity index (χ0v) is 28.7. The van der Waals surface area contributed by atoms with Crippen molar-refractivity contribution in [3.05, 3.63) is 56.7 Å². The topological polar surface area (TPSA) is 115 Å². The molecule has 6 heterocycles. The number of amides is 1. The molecule has 0 radical (unpaired) electrons. The number of halogens is 6. The van der Waals surface area contributed by atoms with Crippen LogP contribution in [0, 0.1) is 5.82 Å². The number of hydrogen-bond acceptors (Lipinski definition) is 9. The van der Waals surface area contributed by atoms with Crippen molar-refractivity contribution in [3.8, 4) is 6.01 Å². The first-order valence-electron chi connectivity index (χ1n) is 17.3. The lowest BCUT2D eigenvalue weighted by Crippen LogP contribution is -2.43. The average molecular weight is 737 g/mol. The van der Waals surface area contributed by atoms with E-state index in [0.29, 0.717) is 55.2 Å². The molecule has 3 atom stereocenters. The van der Waals surface area contributed by atoms with Gasteiger partial charge in [-0.2, -0.15) is 28.2 Å². The summed E-state index contributed by atoms with van der Waals surface area (Å²) in [5, 5.41) is 4.83. The number of nitrogens with zero attached hydrogens (tertiary/aromatic N) is 7. The largest absolute Gasteiger partial charge is 0.461 e. The molecule has 2 saturated heterocycles. The van der Waals surface area contributed by atoms with Gasteiger partial charge in [0.15, 0.2) is 11.5 Å². The first-order chi connectivity index (χ1) is 24.3. The molecule has 1 aliphatic carbocycles. The highest BCUT2D eigenvalue weighted by Crippen LogP contribution is 2.44. The predicted octanol–water partition coefficient (Wildman–Crippen LogP) is 5.48. The normalized spacial score (nSPS) is 25.0. The Kier molecular flexibility index (Phi) is 8.57. The average Bonchev–Trinajstić information content (AvgIpc) is 3.77. The van der Waals surface area contributed by atoms with Gasteiger partial charge in [-0.25, -0.2) is 8.78 Å². The minimum atomic E-state index is -4.86. The highest BCUT2D eigenvalue weighted by molar-refractivity contribution is 6.34. The van der Waals surface area contributed by atoms with Crippen molar-refractivity contribution in [2.24, 2.45) is 0 Å². The summed E-state index contributed by atoms with van der Waals surface area (Å²) in [6.45, 7) is 2.18. The number of anilines is 2. The number of fused-ring (bicyclic) bond motifs is 3. The fraction of sp³-hybridized carbons (Fsp3) is 0.588. The summed E-state index contributed by atoms with van der Waals surface area (Å²) in [7, 11) is 1.74. The Labute approximate surface area is 295 Å². The van der Waals surface area contributed by atoms with Gasteiger partial charge in [0.2, 0.25) is 0 Å². The molecule has 2 N–H and O–H groups in total. The number of aromatic nitrogens is 4. The van der Waals surface area contributed by atoms with Crippen LogP contribution < -0.4 is 15.4 Å². The maximum Gasteiger partial charge on any atom is 0.416 e. The molecule has 11 nitrogen and oxygen atoms in total. The van der Waals surface area contributed by atoms with Crippen LogP contribution in [0.5, 0.6) is 6.01 Å². The van der Waals surface area contributed by atoms with E-state index in [2.05, 4.69) is 15.0 Å². The summed E-state index contributed by atoms with van der Waals surface area (Å²) in [5.74, 6) is -1.03. The van der Waals surface area contributed by atoms with Gasteiger partial charge in [-0.05, 0) is 50.8 Å². The number of carbonyl (C=O) groups is 1. The van der Waals surface area contributed by atoms with Crippen molar-refractivity contribution in [2.75, 3.05) is 43.9 Å². The Hall–Kier alpha value is -3.76. The second-order valence-electron chi connectivity index (χ2n) is 14.3. The number of nitrogen functional groups attached to an aromatic ring is 1. The van der Waals surface area contributed by atoms with Crippen LogP contribution in [0.4, 0.5) is 33.5 Å². The van der Waals surface area contributed by atoms with E-state index in [1.165, 1.54) is 0 Å². The van der Waals surface area contributed by atoms with Crippen molar-refractivity contribution < 1.29 is 36.2 Å². The Bertz CT molecular complexity index is 1870.